The zero-order chi connectivity index (χ0) is 16.8. The van der Waals surface area contributed by atoms with Gasteiger partial charge < -0.3 is 9.47 Å². The SMILES string of the molecule is COC=Cc1ccc(OCCn2ncc3ccccc3c2=O)cc1. The second kappa shape index (κ2) is 7.46. The Morgan fingerprint density at radius 1 is 1.12 bits per heavy atom. The number of aromatic nitrogens is 2. The van der Waals surface area contributed by atoms with Crippen molar-refractivity contribution in [3.8, 4) is 5.75 Å². The van der Waals surface area contributed by atoms with Gasteiger partial charge in [0.2, 0.25) is 0 Å². The summed E-state index contributed by atoms with van der Waals surface area (Å²) in [6.07, 6.45) is 5.18. The minimum Gasteiger partial charge on any atom is -0.504 e. The maximum absolute atomic E-state index is 12.3. The quantitative estimate of drug-likeness (QED) is 0.654. The van der Waals surface area contributed by atoms with Crippen molar-refractivity contribution in [3.05, 3.63) is 76.9 Å². The van der Waals surface area contributed by atoms with Crippen LogP contribution in [0.5, 0.6) is 5.75 Å². The molecule has 0 aliphatic carbocycles. The van der Waals surface area contributed by atoms with E-state index in [1.54, 1.807) is 19.6 Å². The number of ether oxygens (including phenoxy) is 2. The van der Waals surface area contributed by atoms with Crippen LogP contribution in [0.4, 0.5) is 0 Å². The van der Waals surface area contributed by atoms with Gasteiger partial charge in [0.15, 0.2) is 0 Å². The molecule has 0 unspecified atom stereocenters. The highest BCUT2D eigenvalue weighted by atomic mass is 16.5. The Labute approximate surface area is 139 Å². The normalized spacial score (nSPS) is 11.0. The monoisotopic (exact) mass is 322 g/mol. The second-order valence-corrected chi connectivity index (χ2v) is 5.22. The first-order chi connectivity index (χ1) is 11.8. The third-order valence-electron chi connectivity index (χ3n) is 3.61. The van der Waals surface area contributed by atoms with Gasteiger partial charge in [0.05, 0.1) is 31.5 Å². The lowest BCUT2D eigenvalue weighted by Gasteiger charge is -2.08. The molecule has 0 radical (unpaired) electrons. The Kier molecular flexibility index (Phi) is 4.91. The van der Waals surface area contributed by atoms with Crippen molar-refractivity contribution in [2.24, 2.45) is 0 Å². The molecule has 3 aromatic rings. The summed E-state index contributed by atoms with van der Waals surface area (Å²) >= 11 is 0. The smallest absolute Gasteiger partial charge is 0.274 e. The highest BCUT2D eigenvalue weighted by Crippen LogP contribution is 2.13. The van der Waals surface area contributed by atoms with Crippen molar-refractivity contribution in [2.45, 2.75) is 6.54 Å². The summed E-state index contributed by atoms with van der Waals surface area (Å²) in [6, 6.07) is 15.1. The predicted molar refractivity (Wildman–Crippen MR) is 94.0 cm³/mol. The molecular formula is C19H18N2O3. The molecular weight excluding hydrogens is 304 g/mol. The molecule has 1 heterocycles. The van der Waals surface area contributed by atoms with E-state index in [-0.39, 0.29) is 5.56 Å². The first kappa shape index (κ1) is 15.8. The lowest BCUT2D eigenvalue weighted by atomic mass is 10.2. The van der Waals surface area contributed by atoms with E-state index in [2.05, 4.69) is 5.10 Å². The molecule has 5 nitrogen and oxygen atoms in total. The topological polar surface area (TPSA) is 53.4 Å². The van der Waals surface area contributed by atoms with Crippen molar-refractivity contribution < 1.29 is 9.47 Å². The molecule has 122 valence electrons. The zero-order valence-corrected chi connectivity index (χ0v) is 13.4. The molecule has 0 N–H and O–H groups in total. The molecule has 2 aromatic carbocycles. The van der Waals surface area contributed by atoms with E-state index in [1.165, 1.54) is 4.68 Å². The fraction of sp³-hybridized carbons (Fsp3) is 0.158. The van der Waals surface area contributed by atoms with Gasteiger partial charge in [-0.05, 0) is 29.8 Å². The number of hydrogen-bond acceptors (Lipinski definition) is 4. The molecule has 0 spiro atoms. The predicted octanol–water partition coefficient (Wildman–Crippen LogP) is 3.09. The number of rotatable bonds is 6. The van der Waals surface area contributed by atoms with E-state index >= 15 is 0 Å². The Bertz CT molecular complexity index is 898. The van der Waals surface area contributed by atoms with E-state index in [4.69, 9.17) is 9.47 Å². The Morgan fingerprint density at radius 3 is 2.71 bits per heavy atom. The number of benzene rings is 2. The van der Waals surface area contributed by atoms with Crippen LogP contribution in [0.1, 0.15) is 5.56 Å². The van der Waals surface area contributed by atoms with Gasteiger partial charge in [0, 0.05) is 5.39 Å². The van der Waals surface area contributed by atoms with Gasteiger partial charge in [-0.2, -0.15) is 5.10 Å². The maximum atomic E-state index is 12.3. The second-order valence-electron chi connectivity index (χ2n) is 5.22. The summed E-state index contributed by atoms with van der Waals surface area (Å²) in [5.41, 5.74) is 0.924. The van der Waals surface area contributed by atoms with Gasteiger partial charge >= 0.3 is 0 Å². The standard InChI is InChI=1S/C19H18N2O3/c1-23-12-10-15-6-8-17(9-7-15)24-13-11-21-19(22)18-5-3-2-4-16(18)14-20-21/h2-10,12,14H,11,13H2,1H3. The molecule has 0 bridgehead atoms. The van der Waals surface area contributed by atoms with Crippen LogP contribution in [0.2, 0.25) is 0 Å². The summed E-state index contributed by atoms with van der Waals surface area (Å²) in [5, 5.41) is 5.70. The largest absolute Gasteiger partial charge is 0.504 e. The van der Waals surface area contributed by atoms with Crippen LogP contribution in [-0.4, -0.2) is 23.5 Å². The first-order valence-electron chi connectivity index (χ1n) is 7.65. The molecule has 0 saturated heterocycles. The number of methoxy groups -OCH3 is 1. The average molecular weight is 322 g/mol. The first-order valence-corrected chi connectivity index (χ1v) is 7.65. The fourth-order valence-corrected chi connectivity index (χ4v) is 2.36. The van der Waals surface area contributed by atoms with Crippen LogP contribution in [0.15, 0.2) is 65.8 Å². The van der Waals surface area contributed by atoms with Crippen molar-refractivity contribution >= 4 is 16.8 Å². The molecule has 1 aromatic heterocycles. The third-order valence-corrected chi connectivity index (χ3v) is 3.61. The Morgan fingerprint density at radius 2 is 1.92 bits per heavy atom. The van der Waals surface area contributed by atoms with Crippen LogP contribution in [0.25, 0.3) is 16.8 Å². The molecule has 0 aliphatic rings. The van der Waals surface area contributed by atoms with Crippen LogP contribution in [-0.2, 0) is 11.3 Å². The van der Waals surface area contributed by atoms with E-state index in [9.17, 15) is 4.79 Å². The van der Waals surface area contributed by atoms with Crippen LogP contribution >= 0.6 is 0 Å². The fourth-order valence-electron chi connectivity index (χ4n) is 2.36. The number of hydrogen-bond donors (Lipinski definition) is 0. The van der Waals surface area contributed by atoms with Gasteiger partial charge in [-0.25, -0.2) is 4.68 Å². The maximum Gasteiger partial charge on any atom is 0.274 e. The van der Waals surface area contributed by atoms with E-state index in [0.717, 1.165) is 16.7 Å². The zero-order valence-electron chi connectivity index (χ0n) is 13.4. The highest BCUT2D eigenvalue weighted by Gasteiger charge is 2.03. The molecule has 0 atom stereocenters. The van der Waals surface area contributed by atoms with Crippen LogP contribution < -0.4 is 10.3 Å². The summed E-state index contributed by atoms with van der Waals surface area (Å²) in [7, 11) is 1.61. The lowest BCUT2D eigenvalue weighted by molar-refractivity contribution is 0.288. The van der Waals surface area contributed by atoms with Crippen molar-refractivity contribution in [2.75, 3.05) is 13.7 Å². The summed E-state index contributed by atoms with van der Waals surface area (Å²) < 4.78 is 12.0. The van der Waals surface area contributed by atoms with Gasteiger partial charge in [0.1, 0.15) is 12.4 Å². The van der Waals surface area contributed by atoms with E-state index < -0.39 is 0 Å². The Balaban J connectivity index is 1.63. The minimum atomic E-state index is -0.100. The van der Waals surface area contributed by atoms with Gasteiger partial charge in [-0.15, -0.1) is 0 Å². The third kappa shape index (κ3) is 3.63. The molecule has 0 aliphatic heterocycles. The highest BCUT2D eigenvalue weighted by molar-refractivity contribution is 5.80. The van der Waals surface area contributed by atoms with Crippen molar-refractivity contribution in [3.63, 3.8) is 0 Å². The van der Waals surface area contributed by atoms with Gasteiger partial charge in [-0.1, -0.05) is 30.3 Å². The lowest BCUT2D eigenvalue weighted by Crippen LogP contribution is -2.25. The van der Waals surface area contributed by atoms with Crippen LogP contribution in [0, 0.1) is 0 Å². The number of fused-ring (bicyclic) bond motifs is 1. The van der Waals surface area contributed by atoms with E-state index in [0.29, 0.717) is 18.5 Å². The van der Waals surface area contributed by atoms with Crippen LogP contribution in [0.3, 0.4) is 0 Å². The molecule has 3 rings (SSSR count). The summed E-state index contributed by atoms with van der Waals surface area (Å²) in [4.78, 5) is 12.3. The van der Waals surface area contributed by atoms with Gasteiger partial charge in [-0.3, -0.25) is 4.79 Å². The van der Waals surface area contributed by atoms with Gasteiger partial charge in [0.25, 0.3) is 5.56 Å². The molecule has 5 heteroatoms. The summed E-state index contributed by atoms with van der Waals surface area (Å²) in [5.74, 6) is 0.749. The Hall–Kier alpha value is -3.08. The molecule has 0 saturated carbocycles. The minimum absolute atomic E-state index is 0.100. The molecule has 24 heavy (non-hydrogen) atoms. The molecule has 0 amide bonds. The summed E-state index contributed by atoms with van der Waals surface area (Å²) in [6.45, 7) is 0.771. The van der Waals surface area contributed by atoms with E-state index in [1.807, 2.05) is 54.6 Å². The number of nitrogens with zero attached hydrogens (tertiary/aromatic N) is 2. The molecule has 0 fully saturated rings. The van der Waals surface area contributed by atoms with Crippen molar-refractivity contribution in [1.29, 1.82) is 0 Å². The average Bonchev–Trinajstić information content (AvgIpc) is 2.63. The van der Waals surface area contributed by atoms with Crippen molar-refractivity contribution in [1.82, 2.24) is 9.78 Å².